The minimum atomic E-state index is -4.00. The lowest BCUT2D eigenvalue weighted by molar-refractivity contribution is 0.486. The Morgan fingerprint density at radius 2 is 1.55 bits per heavy atom. The lowest BCUT2D eigenvalue weighted by atomic mass is 10.2. The van der Waals surface area contributed by atoms with Crippen LogP contribution in [0.1, 0.15) is 11.1 Å². The van der Waals surface area contributed by atoms with E-state index in [4.69, 9.17) is 14.7 Å². The minimum absolute atomic E-state index is 0.0964. The predicted octanol–water partition coefficient (Wildman–Crippen LogP) is 2.20. The Bertz CT molecular complexity index is 813. The van der Waals surface area contributed by atoms with Gasteiger partial charge in [-0.25, -0.2) is 0 Å². The summed E-state index contributed by atoms with van der Waals surface area (Å²) in [5.74, 6) is 0.103. The van der Waals surface area contributed by atoms with Crippen LogP contribution in [0.5, 0.6) is 5.75 Å². The molecule has 0 unspecified atom stereocenters. The third-order valence-corrected chi connectivity index (χ3v) is 3.68. The van der Waals surface area contributed by atoms with E-state index in [-0.39, 0.29) is 16.2 Å². The summed E-state index contributed by atoms with van der Waals surface area (Å²) in [5, 5.41) is 17.4. The monoisotopic (exact) mass is 284 g/mol. The van der Waals surface area contributed by atoms with Gasteiger partial charge >= 0.3 is 10.1 Å². The average molecular weight is 284 g/mol. The topological polar surface area (TPSA) is 90.9 Å². The lowest BCUT2D eigenvalue weighted by Gasteiger charge is -2.07. The highest BCUT2D eigenvalue weighted by molar-refractivity contribution is 7.87. The van der Waals surface area contributed by atoms with E-state index in [9.17, 15) is 8.42 Å². The number of nitrogens with zero attached hydrogens (tertiary/aromatic N) is 2. The van der Waals surface area contributed by atoms with Gasteiger partial charge in [0.25, 0.3) is 0 Å². The maximum absolute atomic E-state index is 12.0. The highest BCUT2D eigenvalue weighted by Crippen LogP contribution is 2.19. The maximum Gasteiger partial charge on any atom is 0.339 e. The Hall–Kier alpha value is -2.83. The van der Waals surface area contributed by atoms with Crippen molar-refractivity contribution in [3.63, 3.8) is 0 Å². The van der Waals surface area contributed by atoms with E-state index in [0.717, 1.165) is 0 Å². The van der Waals surface area contributed by atoms with Crippen LogP contribution in [-0.2, 0) is 10.1 Å². The summed E-state index contributed by atoms with van der Waals surface area (Å²) in [6.45, 7) is 0. The van der Waals surface area contributed by atoms with Crippen molar-refractivity contribution in [3.05, 3.63) is 59.7 Å². The zero-order valence-corrected chi connectivity index (χ0v) is 11.0. The van der Waals surface area contributed by atoms with Crippen molar-refractivity contribution in [2.75, 3.05) is 0 Å². The van der Waals surface area contributed by atoms with Crippen molar-refractivity contribution in [1.82, 2.24) is 0 Å². The van der Waals surface area contributed by atoms with Crippen LogP contribution in [0.25, 0.3) is 0 Å². The van der Waals surface area contributed by atoms with E-state index < -0.39 is 10.1 Å². The molecule has 0 saturated heterocycles. The van der Waals surface area contributed by atoms with Gasteiger partial charge < -0.3 is 4.18 Å². The molecule has 0 fully saturated rings. The molecule has 6 heteroatoms. The van der Waals surface area contributed by atoms with Crippen LogP contribution < -0.4 is 4.18 Å². The van der Waals surface area contributed by atoms with Gasteiger partial charge in [-0.3, -0.25) is 0 Å². The van der Waals surface area contributed by atoms with Crippen molar-refractivity contribution in [1.29, 1.82) is 10.5 Å². The van der Waals surface area contributed by atoms with Gasteiger partial charge in [-0.1, -0.05) is 6.07 Å². The molecule has 98 valence electrons. The summed E-state index contributed by atoms with van der Waals surface area (Å²) in [6.07, 6.45) is 0. The molecule has 0 aromatic heterocycles. The molecule has 0 aliphatic carbocycles. The molecule has 0 radical (unpaired) electrons. The fourth-order valence-electron chi connectivity index (χ4n) is 1.48. The quantitative estimate of drug-likeness (QED) is 0.806. The minimum Gasteiger partial charge on any atom is -0.379 e. The number of hydrogen-bond donors (Lipinski definition) is 0. The second-order valence-electron chi connectivity index (χ2n) is 3.81. The Kier molecular flexibility index (Phi) is 3.69. The van der Waals surface area contributed by atoms with Gasteiger partial charge in [-0.05, 0) is 42.5 Å². The van der Waals surface area contributed by atoms with E-state index in [2.05, 4.69) is 0 Å². The first kappa shape index (κ1) is 13.6. The second kappa shape index (κ2) is 5.43. The highest BCUT2D eigenvalue weighted by atomic mass is 32.2. The fourth-order valence-corrected chi connectivity index (χ4v) is 2.46. The van der Waals surface area contributed by atoms with Crippen LogP contribution >= 0.6 is 0 Å². The third-order valence-electron chi connectivity index (χ3n) is 2.44. The van der Waals surface area contributed by atoms with Crippen molar-refractivity contribution < 1.29 is 12.6 Å². The Balaban J connectivity index is 2.31. The summed E-state index contributed by atoms with van der Waals surface area (Å²) in [6, 6.07) is 15.0. The van der Waals surface area contributed by atoms with Crippen molar-refractivity contribution in [2.24, 2.45) is 0 Å². The van der Waals surface area contributed by atoms with E-state index in [1.807, 2.05) is 12.1 Å². The van der Waals surface area contributed by atoms with Gasteiger partial charge in [0.15, 0.2) is 0 Å². The number of nitriles is 2. The van der Waals surface area contributed by atoms with E-state index in [1.54, 1.807) is 0 Å². The van der Waals surface area contributed by atoms with Gasteiger partial charge in [0.05, 0.1) is 23.3 Å². The molecular weight excluding hydrogens is 276 g/mol. The largest absolute Gasteiger partial charge is 0.379 e. The summed E-state index contributed by atoms with van der Waals surface area (Å²) in [7, 11) is -4.00. The lowest BCUT2D eigenvalue weighted by Crippen LogP contribution is -2.09. The van der Waals surface area contributed by atoms with E-state index in [1.165, 1.54) is 48.5 Å². The van der Waals surface area contributed by atoms with Crippen LogP contribution in [0.4, 0.5) is 0 Å². The Morgan fingerprint density at radius 3 is 2.15 bits per heavy atom. The molecule has 2 rings (SSSR count). The summed E-state index contributed by atoms with van der Waals surface area (Å²) in [4.78, 5) is -0.0964. The van der Waals surface area contributed by atoms with Gasteiger partial charge in [0.2, 0.25) is 0 Å². The Labute approximate surface area is 116 Å². The molecule has 0 aliphatic rings. The first-order valence-corrected chi connectivity index (χ1v) is 6.91. The van der Waals surface area contributed by atoms with Crippen molar-refractivity contribution in [3.8, 4) is 17.9 Å². The Morgan fingerprint density at radius 1 is 0.900 bits per heavy atom. The van der Waals surface area contributed by atoms with Crippen LogP contribution in [0, 0.1) is 22.7 Å². The first-order valence-electron chi connectivity index (χ1n) is 5.50. The molecule has 0 atom stereocenters. The summed E-state index contributed by atoms with van der Waals surface area (Å²) < 4.78 is 29.0. The maximum atomic E-state index is 12.0. The molecule has 2 aromatic carbocycles. The molecule has 0 bridgehead atoms. The van der Waals surface area contributed by atoms with E-state index in [0.29, 0.717) is 5.56 Å². The second-order valence-corrected chi connectivity index (χ2v) is 5.36. The van der Waals surface area contributed by atoms with Crippen LogP contribution in [0.2, 0.25) is 0 Å². The predicted molar refractivity (Wildman–Crippen MR) is 70.1 cm³/mol. The normalized spacial score (nSPS) is 10.3. The van der Waals surface area contributed by atoms with Crippen molar-refractivity contribution >= 4 is 10.1 Å². The molecule has 5 nitrogen and oxygen atoms in total. The highest BCUT2D eigenvalue weighted by Gasteiger charge is 2.17. The molecule has 0 amide bonds. The number of benzene rings is 2. The molecule has 0 spiro atoms. The van der Waals surface area contributed by atoms with Gasteiger partial charge in [-0.15, -0.1) is 0 Å². The molecule has 2 aromatic rings. The average Bonchev–Trinajstić information content (AvgIpc) is 2.48. The zero-order valence-electron chi connectivity index (χ0n) is 10.1. The van der Waals surface area contributed by atoms with Crippen LogP contribution in [0.15, 0.2) is 53.4 Å². The molecule has 0 N–H and O–H groups in total. The summed E-state index contributed by atoms with van der Waals surface area (Å²) in [5.41, 5.74) is 0.635. The molecule has 20 heavy (non-hydrogen) atoms. The molecule has 0 heterocycles. The van der Waals surface area contributed by atoms with E-state index >= 15 is 0 Å². The standard InChI is InChI=1S/C14H8N2O3S/c15-9-11-4-6-13(7-5-11)19-20(17,18)14-3-1-2-12(8-14)10-16/h1-8H. The zero-order chi connectivity index (χ0) is 14.6. The van der Waals surface area contributed by atoms with Gasteiger partial charge in [0, 0.05) is 0 Å². The molecular formula is C14H8N2O3S. The number of rotatable bonds is 3. The first-order chi connectivity index (χ1) is 9.55. The SMILES string of the molecule is N#Cc1ccc(OS(=O)(=O)c2cccc(C#N)c2)cc1. The van der Waals surface area contributed by atoms with Crippen LogP contribution in [-0.4, -0.2) is 8.42 Å². The third kappa shape index (κ3) is 2.94. The molecule has 0 saturated carbocycles. The number of hydrogen-bond acceptors (Lipinski definition) is 5. The van der Waals surface area contributed by atoms with Gasteiger partial charge in [-0.2, -0.15) is 18.9 Å². The van der Waals surface area contributed by atoms with Crippen LogP contribution in [0.3, 0.4) is 0 Å². The summed E-state index contributed by atoms with van der Waals surface area (Å²) >= 11 is 0. The fraction of sp³-hybridized carbons (Fsp3) is 0. The molecule has 0 aliphatic heterocycles. The van der Waals surface area contributed by atoms with Gasteiger partial charge in [0.1, 0.15) is 10.6 Å². The van der Waals surface area contributed by atoms with Crippen molar-refractivity contribution in [2.45, 2.75) is 4.90 Å². The smallest absolute Gasteiger partial charge is 0.339 e.